The highest BCUT2D eigenvalue weighted by atomic mass is 16.6. The van der Waals surface area contributed by atoms with Gasteiger partial charge in [0.1, 0.15) is 0 Å². The summed E-state index contributed by atoms with van der Waals surface area (Å²) in [5.74, 6) is 1.19. The first-order chi connectivity index (χ1) is 7.14. The van der Waals surface area contributed by atoms with Crippen molar-refractivity contribution in [2.75, 3.05) is 7.11 Å². The van der Waals surface area contributed by atoms with E-state index in [1.54, 1.807) is 0 Å². The lowest BCUT2D eigenvalue weighted by molar-refractivity contribution is 0.217. The highest BCUT2D eigenvalue weighted by molar-refractivity contribution is 5.07. The molecule has 0 saturated heterocycles. The molecule has 1 aliphatic carbocycles. The van der Waals surface area contributed by atoms with Crippen LogP contribution >= 0.6 is 0 Å². The van der Waals surface area contributed by atoms with E-state index in [1.807, 2.05) is 0 Å². The molecule has 0 radical (unpaired) electrons. The van der Waals surface area contributed by atoms with Gasteiger partial charge in [-0.3, -0.25) is 4.52 Å². The molecule has 0 aromatic carbocycles. The van der Waals surface area contributed by atoms with E-state index in [0.29, 0.717) is 11.7 Å². The van der Waals surface area contributed by atoms with Crippen LogP contribution in [0.1, 0.15) is 38.4 Å². The van der Waals surface area contributed by atoms with Gasteiger partial charge in [0.25, 0.3) is 0 Å². The number of nitrogens with two attached hydrogens (primary N) is 1. The number of hydrogen-bond acceptors (Lipinski definition) is 5. The zero-order valence-electron chi connectivity index (χ0n) is 9.19. The Morgan fingerprint density at radius 3 is 3.00 bits per heavy atom. The molecular weight excluding hydrogens is 194 g/mol. The molecule has 1 aromatic heterocycles. The van der Waals surface area contributed by atoms with Crippen LogP contribution in [0.15, 0.2) is 4.52 Å². The van der Waals surface area contributed by atoms with Crippen molar-refractivity contribution < 1.29 is 9.26 Å². The van der Waals surface area contributed by atoms with Crippen molar-refractivity contribution in [3.63, 3.8) is 0 Å². The topological polar surface area (TPSA) is 74.2 Å². The molecule has 1 fully saturated rings. The van der Waals surface area contributed by atoms with Crippen molar-refractivity contribution in [1.29, 1.82) is 0 Å². The highest BCUT2D eigenvalue weighted by Crippen LogP contribution is 2.36. The number of aromatic nitrogens is 2. The Morgan fingerprint density at radius 1 is 1.60 bits per heavy atom. The second-order valence-corrected chi connectivity index (χ2v) is 4.45. The third-order valence-electron chi connectivity index (χ3n) is 3.06. The molecule has 0 aliphatic heterocycles. The summed E-state index contributed by atoms with van der Waals surface area (Å²) in [5, 5.41) is 3.88. The largest absolute Gasteiger partial charge is 0.452 e. The van der Waals surface area contributed by atoms with E-state index in [0.717, 1.165) is 19.3 Å². The van der Waals surface area contributed by atoms with E-state index < -0.39 is 5.54 Å². The standard InChI is InChI=1S/C10H17N3O2/c1-7-4-3-5-10(11,6-7)8-12-9(14-2)15-13-8/h7H,3-6,11H2,1-2H3. The van der Waals surface area contributed by atoms with Crippen LogP contribution in [0.5, 0.6) is 6.08 Å². The Hall–Kier alpha value is -1.10. The van der Waals surface area contributed by atoms with Crippen LogP contribution < -0.4 is 10.5 Å². The molecule has 5 heteroatoms. The molecule has 1 aromatic rings. The van der Waals surface area contributed by atoms with Gasteiger partial charge in [0.05, 0.1) is 12.6 Å². The first-order valence-corrected chi connectivity index (χ1v) is 5.31. The average Bonchev–Trinajstić information content (AvgIpc) is 2.66. The smallest absolute Gasteiger partial charge is 0.417 e. The summed E-state index contributed by atoms with van der Waals surface area (Å²) >= 11 is 0. The van der Waals surface area contributed by atoms with E-state index in [-0.39, 0.29) is 6.08 Å². The van der Waals surface area contributed by atoms with E-state index >= 15 is 0 Å². The second-order valence-electron chi connectivity index (χ2n) is 4.45. The molecule has 2 N–H and O–H groups in total. The molecule has 15 heavy (non-hydrogen) atoms. The van der Waals surface area contributed by atoms with Crippen molar-refractivity contribution in [2.45, 2.75) is 38.1 Å². The summed E-state index contributed by atoms with van der Waals surface area (Å²) < 4.78 is 9.77. The fraction of sp³-hybridized carbons (Fsp3) is 0.800. The van der Waals surface area contributed by atoms with Gasteiger partial charge < -0.3 is 10.5 Å². The minimum atomic E-state index is -0.433. The van der Waals surface area contributed by atoms with Crippen LogP contribution in [-0.4, -0.2) is 17.3 Å². The Kier molecular flexibility index (Phi) is 2.65. The van der Waals surface area contributed by atoms with Crippen molar-refractivity contribution in [2.24, 2.45) is 11.7 Å². The lowest BCUT2D eigenvalue weighted by Crippen LogP contribution is -2.42. The molecule has 0 amide bonds. The fourth-order valence-corrected chi connectivity index (χ4v) is 2.29. The van der Waals surface area contributed by atoms with Gasteiger partial charge in [0.2, 0.25) is 0 Å². The predicted molar refractivity (Wildman–Crippen MR) is 54.3 cm³/mol. The van der Waals surface area contributed by atoms with Crippen molar-refractivity contribution in [3.8, 4) is 6.08 Å². The van der Waals surface area contributed by atoms with Gasteiger partial charge in [0.15, 0.2) is 5.82 Å². The fourth-order valence-electron chi connectivity index (χ4n) is 2.29. The van der Waals surface area contributed by atoms with Gasteiger partial charge in [-0.1, -0.05) is 24.9 Å². The van der Waals surface area contributed by atoms with E-state index in [1.165, 1.54) is 13.5 Å². The normalized spacial score (nSPS) is 31.5. The molecule has 84 valence electrons. The molecular formula is C10H17N3O2. The zero-order valence-corrected chi connectivity index (χ0v) is 9.19. The lowest BCUT2D eigenvalue weighted by Gasteiger charge is -2.33. The van der Waals surface area contributed by atoms with Crippen LogP contribution in [0.4, 0.5) is 0 Å². The van der Waals surface area contributed by atoms with E-state index in [4.69, 9.17) is 15.0 Å². The van der Waals surface area contributed by atoms with Crippen LogP contribution in [0.2, 0.25) is 0 Å². The number of methoxy groups -OCH3 is 1. The number of hydrogen-bond donors (Lipinski definition) is 1. The lowest BCUT2D eigenvalue weighted by atomic mass is 9.76. The predicted octanol–water partition coefficient (Wildman–Crippen LogP) is 1.44. The minimum Gasteiger partial charge on any atom is -0.452 e. The van der Waals surface area contributed by atoms with Gasteiger partial charge >= 0.3 is 6.08 Å². The molecule has 0 spiro atoms. The summed E-state index contributed by atoms with van der Waals surface area (Å²) in [4.78, 5) is 4.13. The summed E-state index contributed by atoms with van der Waals surface area (Å²) in [6, 6.07) is 0. The minimum absolute atomic E-state index is 0.188. The number of nitrogens with zero attached hydrogens (tertiary/aromatic N) is 2. The van der Waals surface area contributed by atoms with E-state index in [9.17, 15) is 0 Å². The van der Waals surface area contributed by atoms with Crippen LogP contribution in [0.25, 0.3) is 0 Å². The first-order valence-electron chi connectivity index (χ1n) is 5.31. The highest BCUT2D eigenvalue weighted by Gasteiger charge is 2.37. The van der Waals surface area contributed by atoms with Crippen LogP contribution in [0, 0.1) is 5.92 Å². The Morgan fingerprint density at radius 2 is 2.40 bits per heavy atom. The summed E-state index contributed by atoms with van der Waals surface area (Å²) in [5.41, 5.74) is 5.87. The summed E-state index contributed by atoms with van der Waals surface area (Å²) in [6.45, 7) is 2.21. The SMILES string of the molecule is COc1nc(C2(N)CCCC(C)C2)no1. The molecule has 2 unspecified atom stereocenters. The van der Waals surface area contributed by atoms with Gasteiger partial charge in [-0.05, 0) is 18.8 Å². The zero-order chi connectivity index (χ0) is 10.9. The summed E-state index contributed by atoms with van der Waals surface area (Å²) in [6.07, 6.45) is 4.37. The van der Waals surface area contributed by atoms with Crippen molar-refractivity contribution >= 4 is 0 Å². The number of ether oxygens (including phenoxy) is 1. The second kappa shape index (κ2) is 3.81. The monoisotopic (exact) mass is 211 g/mol. The number of rotatable bonds is 2. The Balaban J connectivity index is 2.20. The molecule has 2 atom stereocenters. The third kappa shape index (κ3) is 1.97. The van der Waals surface area contributed by atoms with Gasteiger partial charge in [0, 0.05) is 0 Å². The average molecular weight is 211 g/mol. The quantitative estimate of drug-likeness (QED) is 0.801. The van der Waals surface area contributed by atoms with Crippen LogP contribution in [-0.2, 0) is 5.54 Å². The first kappa shape index (κ1) is 10.4. The Bertz CT molecular complexity index is 339. The maximum atomic E-state index is 6.30. The molecule has 5 nitrogen and oxygen atoms in total. The van der Waals surface area contributed by atoms with Crippen molar-refractivity contribution in [3.05, 3.63) is 5.82 Å². The maximum absolute atomic E-state index is 6.30. The third-order valence-corrected chi connectivity index (χ3v) is 3.06. The van der Waals surface area contributed by atoms with Gasteiger partial charge in [-0.15, -0.1) is 0 Å². The maximum Gasteiger partial charge on any atom is 0.417 e. The molecule has 1 aliphatic rings. The molecule has 2 rings (SSSR count). The van der Waals surface area contributed by atoms with Crippen molar-refractivity contribution in [1.82, 2.24) is 10.1 Å². The molecule has 1 saturated carbocycles. The van der Waals surface area contributed by atoms with Gasteiger partial charge in [-0.25, -0.2) is 0 Å². The summed E-state index contributed by atoms with van der Waals surface area (Å²) in [7, 11) is 1.50. The van der Waals surface area contributed by atoms with Crippen LogP contribution in [0.3, 0.4) is 0 Å². The van der Waals surface area contributed by atoms with Gasteiger partial charge in [-0.2, -0.15) is 4.98 Å². The molecule has 0 bridgehead atoms. The molecule has 1 heterocycles. The Labute approximate surface area is 89.0 Å². The van der Waals surface area contributed by atoms with E-state index in [2.05, 4.69) is 17.1 Å².